The van der Waals surface area contributed by atoms with Crippen molar-refractivity contribution in [1.29, 1.82) is 0 Å². The fourth-order valence-electron chi connectivity index (χ4n) is 2.33. The second-order valence-corrected chi connectivity index (χ2v) is 6.77. The van der Waals surface area contributed by atoms with Crippen molar-refractivity contribution in [3.8, 4) is 5.75 Å². The first kappa shape index (κ1) is 17.4. The highest BCUT2D eigenvalue weighted by Gasteiger charge is 2.13. The second kappa shape index (κ2) is 7.63. The Bertz CT molecular complexity index is 922. The predicted molar refractivity (Wildman–Crippen MR) is 99.8 cm³/mol. The summed E-state index contributed by atoms with van der Waals surface area (Å²) in [5.74, 6) is 0.310. The van der Waals surface area contributed by atoms with Gasteiger partial charge >= 0.3 is 0 Å². The van der Waals surface area contributed by atoms with Crippen LogP contribution in [-0.2, 0) is 4.79 Å². The number of nitrogens with zero attached hydrogens (tertiary/aromatic N) is 1. The molecule has 1 aromatic heterocycles. The molecule has 1 N–H and O–H groups in total. The molecule has 2 aromatic carbocycles. The van der Waals surface area contributed by atoms with Crippen molar-refractivity contribution in [3.05, 3.63) is 53.1 Å². The number of ketones is 1. The Balaban J connectivity index is 1.61. The van der Waals surface area contributed by atoms with Gasteiger partial charge in [0.1, 0.15) is 11.3 Å². The summed E-state index contributed by atoms with van der Waals surface area (Å²) in [5, 5.41) is 3.80. The van der Waals surface area contributed by atoms with Crippen molar-refractivity contribution in [2.24, 2.45) is 0 Å². The smallest absolute Gasteiger partial charge is 0.226 e. The number of thiazole rings is 1. The van der Waals surface area contributed by atoms with Crippen LogP contribution < -0.4 is 10.1 Å². The lowest BCUT2D eigenvalue weighted by molar-refractivity contribution is -0.116. The minimum absolute atomic E-state index is 0.0918. The van der Waals surface area contributed by atoms with Crippen molar-refractivity contribution in [2.45, 2.75) is 12.8 Å². The number of fused-ring (bicyclic) bond motifs is 1. The number of para-hydroxylation sites is 1. The monoisotopic (exact) mass is 374 g/mol. The SMILES string of the molecule is COc1cccc2sc(NC(=O)CCC(=O)c3ccc(Cl)cc3)nc12. The van der Waals surface area contributed by atoms with Crippen LogP contribution in [0.3, 0.4) is 0 Å². The van der Waals surface area contributed by atoms with Crippen LogP contribution in [0, 0.1) is 0 Å². The molecule has 0 aliphatic carbocycles. The van der Waals surface area contributed by atoms with Crippen LogP contribution in [-0.4, -0.2) is 23.8 Å². The average molecular weight is 375 g/mol. The summed E-state index contributed by atoms with van der Waals surface area (Å²) in [6.45, 7) is 0. The quantitative estimate of drug-likeness (QED) is 0.642. The number of rotatable bonds is 6. The van der Waals surface area contributed by atoms with Crippen LogP contribution in [0.2, 0.25) is 5.02 Å². The van der Waals surface area contributed by atoms with Gasteiger partial charge in [0.2, 0.25) is 5.91 Å². The molecule has 0 aliphatic rings. The molecular formula is C18H15ClN2O3S. The number of nitrogens with one attached hydrogen (secondary N) is 1. The number of carbonyl (C=O) groups is 2. The summed E-state index contributed by atoms with van der Waals surface area (Å²) in [6, 6.07) is 12.2. The van der Waals surface area contributed by atoms with E-state index >= 15 is 0 Å². The highest BCUT2D eigenvalue weighted by atomic mass is 35.5. The maximum atomic E-state index is 12.1. The number of methoxy groups -OCH3 is 1. The van der Waals surface area contributed by atoms with Crippen LogP contribution in [0.5, 0.6) is 5.75 Å². The Hall–Kier alpha value is -2.44. The van der Waals surface area contributed by atoms with E-state index in [9.17, 15) is 9.59 Å². The van der Waals surface area contributed by atoms with Crippen LogP contribution in [0.4, 0.5) is 5.13 Å². The molecule has 0 saturated carbocycles. The first-order valence-corrected chi connectivity index (χ1v) is 8.78. The van der Waals surface area contributed by atoms with Gasteiger partial charge in [-0.05, 0) is 36.4 Å². The molecule has 7 heteroatoms. The number of halogens is 1. The van der Waals surface area contributed by atoms with E-state index in [4.69, 9.17) is 16.3 Å². The van der Waals surface area contributed by atoms with Crippen molar-refractivity contribution in [1.82, 2.24) is 4.98 Å². The van der Waals surface area contributed by atoms with Gasteiger partial charge in [0.15, 0.2) is 10.9 Å². The fourth-order valence-corrected chi connectivity index (χ4v) is 3.36. The fraction of sp³-hybridized carbons (Fsp3) is 0.167. The van der Waals surface area contributed by atoms with E-state index in [1.807, 2.05) is 18.2 Å². The summed E-state index contributed by atoms with van der Waals surface area (Å²) < 4.78 is 6.18. The third-order valence-corrected chi connectivity index (χ3v) is 4.78. The lowest BCUT2D eigenvalue weighted by atomic mass is 10.1. The first-order chi connectivity index (χ1) is 12.1. The Morgan fingerprint density at radius 1 is 1.16 bits per heavy atom. The minimum Gasteiger partial charge on any atom is -0.494 e. The van der Waals surface area contributed by atoms with E-state index < -0.39 is 0 Å². The van der Waals surface area contributed by atoms with Crippen LogP contribution >= 0.6 is 22.9 Å². The molecule has 0 bridgehead atoms. The number of carbonyl (C=O) groups excluding carboxylic acids is 2. The average Bonchev–Trinajstić information content (AvgIpc) is 3.02. The number of benzene rings is 2. The van der Waals surface area contributed by atoms with Gasteiger partial charge in [-0.3, -0.25) is 9.59 Å². The summed E-state index contributed by atoms with van der Waals surface area (Å²) in [7, 11) is 1.58. The summed E-state index contributed by atoms with van der Waals surface area (Å²) in [6.07, 6.45) is 0.218. The molecular weight excluding hydrogens is 360 g/mol. The lowest BCUT2D eigenvalue weighted by Crippen LogP contribution is -2.13. The topological polar surface area (TPSA) is 68.3 Å². The van der Waals surface area contributed by atoms with Crippen LogP contribution in [0.15, 0.2) is 42.5 Å². The maximum Gasteiger partial charge on any atom is 0.226 e. The molecule has 0 saturated heterocycles. The predicted octanol–water partition coefficient (Wildman–Crippen LogP) is 4.56. The van der Waals surface area contributed by atoms with E-state index in [0.29, 0.717) is 27.0 Å². The Morgan fingerprint density at radius 3 is 2.64 bits per heavy atom. The van der Waals surface area contributed by atoms with Crippen molar-refractivity contribution in [2.75, 3.05) is 12.4 Å². The van der Waals surface area contributed by atoms with E-state index in [2.05, 4.69) is 10.3 Å². The summed E-state index contributed by atoms with van der Waals surface area (Å²) >= 11 is 7.16. The highest BCUT2D eigenvalue weighted by molar-refractivity contribution is 7.22. The van der Waals surface area contributed by atoms with Gasteiger partial charge in [-0.1, -0.05) is 29.0 Å². The van der Waals surface area contributed by atoms with Crippen molar-refractivity contribution < 1.29 is 14.3 Å². The largest absolute Gasteiger partial charge is 0.494 e. The van der Waals surface area contributed by atoms with E-state index in [-0.39, 0.29) is 24.5 Å². The Morgan fingerprint density at radius 2 is 1.92 bits per heavy atom. The number of ether oxygens (including phenoxy) is 1. The molecule has 0 radical (unpaired) electrons. The van der Waals surface area contributed by atoms with E-state index in [0.717, 1.165) is 4.70 Å². The number of amides is 1. The molecule has 1 heterocycles. The van der Waals surface area contributed by atoms with Gasteiger partial charge in [0.05, 0.1) is 11.8 Å². The molecule has 0 fully saturated rings. The molecule has 25 heavy (non-hydrogen) atoms. The molecule has 0 unspecified atom stereocenters. The zero-order valence-corrected chi connectivity index (χ0v) is 15.0. The van der Waals surface area contributed by atoms with Gasteiger partial charge in [-0.2, -0.15) is 0 Å². The first-order valence-electron chi connectivity index (χ1n) is 7.59. The van der Waals surface area contributed by atoms with Gasteiger partial charge in [0.25, 0.3) is 0 Å². The number of Topliss-reactive ketones (excluding diaryl/α,β-unsaturated/α-hetero) is 1. The van der Waals surface area contributed by atoms with Crippen LogP contribution in [0.1, 0.15) is 23.2 Å². The van der Waals surface area contributed by atoms with E-state index in [1.165, 1.54) is 11.3 Å². The molecule has 3 rings (SSSR count). The third kappa shape index (κ3) is 4.15. The molecule has 1 amide bonds. The Kier molecular flexibility index (Phi) is 5.31. The highest BCUT2D eigenvalue weighted by Crippen LogP contribution is 2.32. The minimum atomic E-state index is -0.250. The van der Waals surface area contributed by atoms with Gasteiger partial charge in [-0.25, -0.2) is 4.98 Å². The molecule has 5 nitrogen and oxygen atoms in total. The number of anilines is 1. The summed E-state index contributed by atoms with van der Waals surface area (Å²) in [5.41, 5.74) is 1.25. The molecule has 0 aliphatic heterocycles. The zero-order chi connectivity index (χ0) is 17.8. The number of hydrogen-bond donors (Lipinski definition) is 1. The normalized spacial score (nSPS) is 10.6. The van der Waals surface area contributed by atoms with Gasteiger partial charge in [0, 0.05) is 23.4 Å². The standard InChI is InChI=1S/C18H15ClN2O3S/c1-24-14-3-2-4-15-17(14)21-18(25-15)20-16(23)10-9-13(22)11-5-7-12(19)8-6-11/h2-8H,9-10H2,1H3,(H,20,21,23). The molecule has 0 spiro atoms. The molecule has 0 atom stereocenters. The molecule has 128 valence electrons. The molecule has 3 aromatic rings. The van der Waals surface area contributed by atoms with Crippen molar-refractivity contribution >= 4 is 50.0 Å². The lowest BCUT2D eigenvalue weighted by Gasteiger charge is -2.02. The van der Waals surface area contributed by atoms with Crippen LogP contribution in [0.25, 0.3) is 10.2 Å². The number of aromatic nitrogens is 1. The maximum absolute atomic E-state index is 12.1. The van der Waals surface area contributed by atoms with Gasteiger partial charge in [-0.15, -0.1) is 0 Å². The third-order valence-electron chi connectivity index (χ3n) is 3.59. The summed E-state index contributed by atoms with van der Waals surface area (Å²) in [4.78, 5) is 28.5. The zero-order valence-electron chi connectivity index (χ0n) is 13.4. The van der Waals surface area contributed by atoms with E-state index in [1.54, 1.807) is 31.4 Å². The number of hydrogen-bond acceptors (Lipinski definition) is 5. The Labute approximate surface area is 153 Å². The second-order valence-electron chi connectivity index (χ2n) is 5.30. The van der Waals surface area contributed by atoms with Gasteiger partial charge < -0.3 is 10.1 Å². The van der Waals surface area contributed by atoms with Crippen molar-refractivity contribution in [3.63, 3.8) is 0 Å².